The summed E-state index contributed by atoms with van der Waals surface area (Å²) in [5.74, 6) is -0.809. The first kappa shape index (κ1) is 13.7. The number of benzene rings is 1. The minimum atomic E-state index is -0.820. The average Bonchev–Trinajstić information content (AvgIpc) is 2.80. The van der Waals surface area contributed by atoms with Crippen molar-refractivity contribution in [3.8, 4) is 0 Å². The second kappa shape index (κ2) is 5.93. The summed E-state index contributed by atoms with van der Waals surface area (Å²) in [4.78, 5) is 4.22. The normalized spacial score (nSPS) is 11.2. The molecule has 1 aromatic carbocycles. The van der Waals surface area contributed by atoms with E-state index in [1.807, 2.05) is 18.4 Å². The summed E-state index contributed by atoms with van der Waals surface area (Å²) in [5.41, 5.74) is 0.323. The number of hydrogen-bond acceptors (Lipinski definition) is 2. The van der Waals surface area contributed by atoms with Crippen molar-refractivity contribution < 1.29 is 8.78 Å². The maximum atomic E-state index is 13.6. The lowest BCUT2D eigenvalue weighted by molar-refractivity contribution is 0.492. The molecule has 1 N–H and O–H groups in total. The quantitative estimate of drug-likeness (QED) is 0.900. The summed E-state index contributed by atoms with van der Waals surface area (Å²) in [5, 5.41) is 3.25. The standard InChI is InChI=1S/C14H17F2N3/c1-10(2)18-8-13-17-6-7-19(13)9-11-4-3-5-12(15)14(11)16/h3-7,10,18H,8-9H2,1-2H3. The average molecular weight is 265 g/mol. The molecule has 2 aromatic rings. The fourth-order valence-corrected chi connectivity index (χ4v) is 1.80. The van der Waals surface area contributed by atoms with Crippen LogP contribution < -0.4 is 5.32 Å². The van der Waals surface area contributed by atoms with Crippen LogP contribution in [0.5, 0.6) is 0 Å². The summed E-state index contributed by atoms with van der Waals surface area (Å²) in [6, 6.07) is 4.55. The monoisotopic (exact) mass is 265 g/mol. The molecular weight excluding hydrogens is 248 g/mol. The minimum Gasteiger partial charge on any atom is -0.329 e. The van der Waals surface area contributed by atoms with Crippen molar-refractivity contribution >= 4 is 0 Å². The van der Waals surface area contributed by atoms with E-state index < -0.39 is 11.6 Å². The first-order valence-electron chi connectivity index (χ1n) is 6.24. The van der Waals surface area contributed by atoms with Gasteiger partial charge in [-0.1, -0.05) is 26.0 Å². The lowest BCUT2D eigenvalue weighted by Crippen LogP contribution is -2.24. The Labute approximate surface area is 111 Å². The largest absolute Gasteiger partial charge is 0.329 e. The highest BCUT2D eigenvalue weighted by Gasteiger charge is 2.10. The van der Waals surface area contributed by atoms with E-state index >= 15 is 0 Å². The van der Waals surface area contributed by atoms with Gasteiger partial charge in [-0.2, -0.15) is 0 Å². The molecule has 0 atom stereocenters. The maximum absolute atomic E-state index is 13.6. The van der Waals surface area contributed by atoms with Crippen LogP contribution in [0.15, 0.2) is 30.6 Å². The summed E-state index contributed by atoms with van der Waals surface area (Å²) in [6.07, 6.45) is 3.43. The van der Waals surface area contributed by atoms with Crippen molar-refractivity contribution in [2.45, 2.75) is 33.0 Å². The lowest BCUT2D eigenvalue weighted by Gasteiger charge is -2.11. The zero-order chi connectivity index (χ0) is 13.8. The van der Waals surface area contributed by atoms with Crippen LogP contribution in [-0.2, 0) is 13.1 Å². The van der Waals surface area contributed by atoms with Crippen LogP contribution in [0.4, 0.5) is 8.78 Å². The molecule has 0 radical (unpaired) electrons. The number of halogens is 2. The Morgan fingerprint density at radius 1 is 1.32 bits per heavy atom. The number of imidazole rings is 1. The van der Waals surface area contributed by atoms with Crippen molar-refractivity contribution in [3.63, 3.8) is 0 Å². The molecule has 2 rings (SSSR count). The van der Waals surface area contributed by atoms with E-state index in [4.69, 9.17) is 0 Å². The van der Waals surface area contributed by atoms with Crippen LogP contribution in [0, 0.1) is 11.6 Å². The number of nitrogens with one attached hydrogen (secondary N) is 1. The van der Waals surface area contributed by atoms with Gasteiger partial charge < -0.3 is 9.88 Å². The predicted molar refractivity (Wildman–Crippen MR) is 69.7 cm³/mol. The van der Waals surface area contributed by atoms with Gasteiger partial charge in [-0.05, 0) is 6.07 Å². The molecule has 0 saturated heterocycles. The Kier molecular flexibility index (Phi) is 4.27. The molecule has 0 bridgehead atoms. The smallest absolute Gasteiger partial charge is 0.163 e. The number of hydrogen-bond donors (Lipinski definition) is 1. The topological polar surface area (TPSA) is 29.9 Å². The van der Waals surface area contributed by atoms with Crippen molar-refractivity contribution in [2.75, 3.05) is 0 Å². The molecule has 1 heterocycles. The number of nitrogens with zero attached hydrogens (tertiary/aromatic N) is 2. The van der Waals surface area contributed by atoms with Crippen LogP contribution in [0.1, 0.15) is 25.2 Å². The van der Waals surface area contributed by atoms with E-state index in [-0.39, 0.29) is 6.54 Å². The zero-order valence-electron chi connectivity index (χ0n) is 11.0. The molecule has 0 aliphatic carbocycles. The maximum Gasteiger partial charge on any atom is 0.163 e. The molecule has 1 aromatic heterocycles. The third-order valence-corrected chi connectivity index (χ3v) is 2.84. The molecule has 3 nitrogen and oxygen atoms in total. The Hall–Kier alpha value is -1.75. The van der Waals surface area contributed by atoms with Gasteiger partial charge in [0.05, 0.1) is 13.1 Å². The van der Waals surface area contributed by atoms with E-state index in [0.717, 1.165) is 11.9 Å². The molecule has 5 heteroatoms. The van der Waals surface area contributed by atoms with Crippen molar-refractivity contribution in [1.82, 2.24) is 14.9 Å². The van der Waals surface area contributed by atoms with Gasteiger partial charge in [0, 0.05) is 24.0 Å². The molecule has 0 spiro atoms. The van der Waals surface area contributed by atoms with Gasteiger partial charge >= 0.3 is 0 Å². The molecule has 0 aliphatic rings. The van der Waals surface area contributed by atoms with Gasteiger partial charge in [0.1, 0.15) is 5.82 Å². The third kappa shape index (κ3) is 3.38. The highest BCUT2D eigenvalue weighted by Crippen LogP contribution is 2.13. The summed E-state index contributed by atoms with van der Waals surface area (Å²) in [7, 11) is 0. The van der Waals surface area contributed by atoms with Crippen LogP contribution >= 0.6 is 0 Å². The predicted octanol–water partition coefficient (Wildman–Crippen LogP) is 2.71. The minimum absolute atomic E-state index is 0.276. The Bertz CT molecular complexity index is 549. The van der Waals surface area contributed by atoms with Gasteiger partial charge in [-0.3, -0.25) is 0 Å². The fourth-order valence-electron chi connectivity index (χ4n) is 1.80. The first-order chi connectivity index (χ1) is 9.08. The van der Waals surface area contributed by atoms with E-state index in [2.05, 4.69) is 10.3 Å². The number of aromatic nitrogens is 2. The summed E-state index contributed by atoms with van der Waals surface area (Å²) in [6.45, 7) is 4.96. The van der Waals surface area contributed by atoms with E-state index in [1.54, 1.807) is 18.5 Å². The van der Waals surface area contributed by atoms with Crippen molar-refractivity contribution in [2.24, 2.45) is 0 Å². The zero-order valence-corrected chi connectivity index (χ0v) is 11.0. The van der Waals surface area contributed by atoms with Gasteiger partial charge in [-0.15, -0.1) is 0 Å². The van der Waals surface area contributed by atoms with Gasteiger partial charge in [0.2, 0.25) is 0 Å². The number of rotatable bonds is 5. The SMILES string of the molecule is CC(C)NCc1nccn1Cc1cccc(F)c1F. The molecule has 0 saturated carbocycles. The van der Waals surface area contributed by atoms with Gasteiger partial charge in [0.15, 0.2) is 11.6 Å². The molecular formula is C14H17F2N3. The highest BCUT2D eigenvalue weighted by atomic mass is 19.2. The van der Waals surface area contributed by atoms with Crippen LogP contribution in [-0.4, -0.2) is 15.6 Å². The van der Waals surface area contributed by atoms with Crippen LogP contribution in [0.3, 0.4) is 0 Å². The Morgan fingerprint density at radius 3 is 2.84 bits per heavy atom. The highest BCUT2D eigenvalue weighted by molar-refractivity contribution is 5.19. The lowest BCUT2D eigenvalue weighted by atomic mass is 10.2. The van der Waals surface area contributed by atoms with E-state index in [1.165, 1.54) is 6.07 Å². The molecule has 0 fully saturated rings. The summed E-state index contributed by atoms with van der Waals surface area (Å²) < 4.78 is 28.6. The Morgan fingerprint density at radius 2 is 2.11 bits per heavy atom. The molecule has 0 aliphatic heterocycles. The fraction of sp³-hybridized carbons (Fsp3) is 0.357. The molecule has 19 heavy (non-hydrogen) atoms. The van der Waals surface area contributed by atoms with Crippen LogP contribution in [0.2, 0.25) is 0 Å². The second-order valence-corrected chi connectivity index (χ2v) is 4.72. The van der Waals surface area contributed by atoms with E-state index in [0.29, 0.717) is 18.2 Å². The van der Waals surface area contributed by atoms with Crippen molar-refractivity contribution in [3.05, 3.63) is 53.6 Å². The molecule has 0 unspecified atom stereocenters. The van der Waals surface area contributed by atoms with E-state index in [9.17, 15) is 8.78 Å². The van der Waals surface area contributed by atoms with Gasteiger partial charge in [-0.25, -0.2) is 13.8 Å². The molecule has 102 valence electrons. The van der Waals surface area contributed by atoms with Crippen LogP contribution in [0.25, 0.3) is 0 Å². The Balaban J connectivity index is 2.15. The summed E-state index contributed by atoms with van der Waals surface area (Å²) >= 11 is 0. The van der Waals surface area contributed by atoms with Gasteiger partial charge in [0.25, 0.3) is 0 Å². The first-order valence-corrected chi connectivity index (χ1v) is 6.24. The molecule has 0 amide bonds. The second-order valence-electron chi connectivity index (χ2n) is 4.72. The van der Waals surface area contributed by atoms with Crippen molar-refractivity contribution in [1.29, 1.82) is 0 Å². The third-order valence-electron chi connectivity index (χ3n) is 2.84.